The van der Waals surface area contributed by atoms with Gasteiger partial charge in [-0.15, -0.1) is 0 Å². The molecule has 1 heterocycles. The van der Waals surface area contributed by atoms with E-state index in [0.29, 0.717) is 17.8 Å². The third kappa shape index (κ3) is 3.57. The van der Waals surface area contributed by atoms with E-state index in [0.717, 1.165) is 15.8 Å². The molecule has 2 nitrogen and oxygen atoms in total. The van der Waals surface area contributed by atoms with Gasteiger partial charge in [0, 0.05) is 6.54 Å². The predicted molar refractivity (Wildman–Crippen MR) is 76.1 cm³/mol. The topological polar surface area (TPSA) is 25.2 Å². The molecule has 0 spiro atoms. The largest absolute Gasteiger partial charge is 0.452 e. The first kappa shape index (κ1) is 14.1. The number of benzene rings is 1. The highest BCUT2D eigenvalue weighted by Crippen LogP contribution is 2.26. The second-order valence-electron chi connectivity index (χ2n) is 3.69. The van der Waals surface area contributed by atoms with Gasteiger partial charge < -0.3 is 9.73 Å². The number of hydrogen-bond donors (Lipinski definition) is 1. The van der Waals surface area contributed by atoms with E-state index in [-0.39, 0.29) is 5.02 Å². The Hall–Kier alpha value is -0.360. The fourth-order valence-electron chi connectivity index (χ4n) is 1.46. The van der Waals surface area contributed by atoms with E-state index in [1.165, 1.54) is 6.07 Å². The zero-order valence-corrected chi connectivity index (χ0v) is 13.1. The molecule has 96 valence electrons. The number of furan rings is 1. The highest BCUT2D eigenvalue weighted by molar-refractivity contribution is 9.13. The van der Waals surface area contributed by atoms with Crippen molar-refractivity contribution >= 4 is 43.5 Å². The maximum absolute atomic E-state index is 13.0. The number of nitrogens with one attached hydrogen (secondary N) is 1. The van der Waals surface area contributed by atoms with Gasteiger partial charge in [0.25, 0.3) is 0 Å². The summed E-state index contributed by atoms with van der Waals surface area (Å²) in [4.78, 5) is 0. The van der Waals surface area contributed by atoms with Crippen molar-refractivity contribution in [2.24, 2.45) is 0 Å². The highest BCUT2D eigenvalue weighted by atomic mass is 79.9. The van der Waals surface area contributed by atoms with Gasteiger partial charge in [0.2, 0.25) is 0 Å². The molecule has 6 heteroatoms. The van der Waals surface area contributed by atoms with Crippen molar-refractivity contribution in [3.05, 3.63) is 55.6 Å². The Balaban J connectivity index is 1.90. The van der Waals surface area contributed by atoms with Crippen LogP contribution in [0.3, 0.4) is 0 Å². The molecule has 1 aromatic carbocycles. The lowest BCUT2D eigenvalue weighted by Gasteiger charge is -2.04. The van der Waals surface area contributed by atoms with Gasteiger partial charge in [0.15, 0.2) is 4.67 Å². The van der Waals surface area contributed by atoms with Crippen molar-refractivity contribution in [2.45, 2.75) is 13.1 Å². The van der Waals surface area contributed by atoms with Crippen LogP contribution in [0.4, 0.5) is 4.39 Å². The summed E-state index contributed by atoms with van der Waals surface area (Å²) < 4.78 is 19.9. The van der Waals surface area contributed by atoms with Gasteiger partial charge >= 0.3 is 0 Å². The molecule has 1 N–H and O–H groups in total. The zero-order valence-electron chi connectivity index (χ0n) is 9.14. The van der Waals surface area contributed by atoms with Gasteiger partial charge in [-0.2, -0.15) is 0 Å². The Morgan fingerprint density at radius 1 is 1.22 bits per heavy atom. The Labute approximate surface area is 126 Å². The number of rotatable bonds is 4. The van der Waals surface area contributed by atoms with Crippen molar-refractivity contribution < 1.29 is 8.81 Å². The molecule has 0 aliphatic rings. The molecule has 0 amide bonds. The summed E-state index contributed by atoms with van der Waals surface area (Å²) in [5.74, 6) is 0.404. The summed E-state index contributed by atoms with van der Waals surface area (Å²) in [5.41, 5.74) is 0.922. The summed E-state index contributed by atoms with van der Waals surface area (Å²) >= 11 is 12.3. The van der Waals surface area contributed by atoms with E-state index < -0.39 is 5.82 Å². The Morgan fingerprint density at radius 3 is 2.61 bits per heavy atom. The van der Waals surface area contributed by atoms with Crippen LogP contribution in [0.1, 0.15) is 11.3 Å². The molecule has 2 aromatic rings. The van der Waals surface area contributed by atoms with Gasteiger partial charge in [0.1, 0.15) is 11.6 Å². The quantitative estimate of drug-likeness (QED) is 0.795. The van der Waals surface area contributed by atoms with Crippen molar-refractivity contribution in [3.8, 4) is 0 Å². The summed E-state index contributed by atoms with van der Waals surface area (Å²) in [7, 11) is 0. The molecule has 0 saturated heterocycles. The van der Waals surface area contributed by atoms with E-state index in [1.807, 2.05) is 6.07 Å². The van der Waals surface area contributed by atoms with E-state index >= 15 is 0 Å². The van der Waals surface area contributed by atoms with Crippen LogP contribution in [0, 0.1) is 5.82 Å². The molecule has 2 rings (SSSR count). The van der Waals surface area contributed by atoms with Crippen LogP contribution in [-0.4, -0.2) is 0 Å². The highest BCUT2D eigenvalue weighted by Gasteiger charge is 2.06. The summed E-state index contributed by atoms with van der Waals surface area (Å²) in [6.45, 7) is 1.18. The van der Waals surface area contributed by atoms with E-state index in [1.54, 1.807) is 12.1 Å². The average molecular weight is 397 g/mol. The lowest BCUT2D eigenvalue weighted by Crippen LogP contribution is -2.12. The third-order valence-corrected chi connectivity index (χ3v) is 4.31. The van der Waals surface area contributed by atoms with Crippen molar-refractivity contribution in [3.63, 3.8) is 0 Å². The van der Waals surface area contributed by atoms with Crippen LogP contribution in [-0.2, 0) is 13.1 Å². The molecule has 0 atom stereocenters. The van der Waals surface area contributed by atoms with Crippen LogP contribution in [0.25, 0.3) is 0 Å². The molecule has 1 aromatic heterocycles. The molecule has 18 heavy (non-hydrogen) atoms. The minimum absolute atomic E-state index is 0.137. The van der Waals surface area contributed by atoms with Gasteiger partial charge in [0.05, 0.1) is 16.0 Å². The average Bonchev–Trinajstić information content (AvgIpc) is 2.63. The Kier molecular flexibility index (Phi) is 4.84. The molecule has 0 saturated carbocycles. The summed E-state index contributed by atoms with van der Waals surface area (Å²) in [5, 5.41) is 3.33. The number of hydrogen-bond acceptors (Lipinski definition) is 2. The second-order valence-corrected chi connectivity index (χ2v) is 5.67. The Morgan fingerprint density at radius 2 is 2.00 bits per heavy atom. The van der Waals surface area contributed by atoms with Crippen molar-refractivity contribution in [1.82, 2.24) is 5.32 Å². The first-order valence-corrected chi connectivity index (χ1v) is 7.11. The fraction of sp³-hybridized carbons (Fsp3) is 0.167. The molecule has 0 unspecified atom stereocenters. The smallest absolute Gasteiger partial charge is 0.183 e. The third-order valence-electron chi connectivity index (χ3n) is 2.31. The fourth-order valence-corrected chi connectivity index (χ4v) is 2.32. The molecular formula is C12H9Br2ClFNO. The molecular weight excluding hydrogens is 388 g/mol. The second kappa shape index (κ2) is 6.19. The monoisotopic (exact) mass is 395 g/mol. The molecule has 0 aliphatic carbocycles. The maximum Gasteiger partial charge on any atom is 0.183 e. The maximum atomic E-state index is 13.0. The summed E-state index contributed by atoms with van der Waals surface area (Å²) in [6.07, 6.45) is 0. The lowest BCUT2D eigenvalue weighted by atomic mass is 10.2. The zero-order chi connectivity index (χ0) is 13.1. The standard InChI is InChI=1S/C12H9Br2ClFNO/c13-9-4-8(18-12(9)14)6-17-5-7-1-2-11(16)10(15)3-7/h1-4,17H,5-6H2. The molecule has 0 aliphatic heterocycles. The summed E-state index contributed by atoms with van der Waals surface area (Å²) in [6, 6.07) is 6.55. The van der Waals surface area contributed by atoms with Gasteiger partial charge in [-0.3, -0.25) is 0 Å². The van der Waals surface area contributed by atoms with Crippen LogP contribution in [0.5, 0.6) is 0 Å². The van der Waals surface area contributed by atoms with Gasteiger partial charge in [-0.1, -0.05) is 17.7 Å². The lowest BCUT2D eigenvalue weighted by molar-refractivity contribution is 0.464. The van der Waals surface area contributed by atoms with E-state index in [4.69, 9.17) is 16.0 Å². The normalized spacial score (nSPS) is 10.9. The van der Waals surface area contributed by atoms with Crippen LogP contribution >= 0.6 is 43.5 Å². The first-order valence-electron chi connectivity index (χ1n) is 5.14. The van der Waals surface area contributed by atoms with Gasteiger partial charge in [-0.25, -0.2) is 4.39 Å². The Bertz CT molecular complexity index is 540. The number of halogens is 4. The van der Waals surface area contributed by atoms with Crippen LogP contribution < -0.4 is 5.32 Å². The van der Waals surface area contributed by atoms with E-state index in [2.05, 4.69) is 37.2 Å². The molecule has 0 bridgehead atoms. The minimum atomic E-state index is -0.403. The SMILES string of the molecule is Fc1ccc(CNCc2cc(Br)c(Br)o2)cc1Cl. The minimum Gasteiger partial charge on any atom is -0.452 e. The molecule has 0 fully saturated rings. The van der Waals surface area contributed by atoms with Crippen molar-refractivity contribution in [2.75, 3.05) is 0 Å². The van der Waals surface area contributed by atoms with Crippen LogP contribution in [0.15, 0.2) is 37.8 Å². The van der Waals surface area contributed by atoms with Gasteiger partial charge in [-0.05, 0) is 55.6 Å². The molecule has 0 radical (unpaired) electrons. The van der Waals surface area contributed by atoms with Crippen LogP contribution in [0.2, 0.25) is 5.02 Å². The predicted octanol–water partition coefficient (Wildman–Crippen LogP) is 4.89. The first-order chi connectivity index (χ1) is 8.56. The van der Waals surface area contributed by atoms with E-state index in [9.17, 15) is 4.39 Å². The van der Waals surface area contributed by atoms with Crippen molar-refractivity contribution in [1.29, 1.82) is 0 Å².